The molecule has 0 aliphatic carbocycles. The summed E-state index contributed by atoms with van der Waals surface area (Å²) in [6.07, 6.45) is 1.97. The van der Waals surface area contributed by atoms with E-state index >= 15 is 0 Å². The number of nitrogens with zero attached hydrogens (tertiary/aromatic N) is 2. The van der Waals surface area contributed by atoms with Crippen molar-refractivity contribution < 1.29 is 14.3 Å². The molecule has 0 saturated heterocycles. The summed E-state index contributed by atoms with van der Waals surface area (Å²) < 4.78 is 10.4. The van der Waals surface area contributed by atoms with E-state index in [0.717, 1.165) is 22.1 Å². The summed E-state index contributed by atoms with van der Waals surface area (Å²) in [5, 5.41) is 5.53. The van der Waals surface area contributed by atoms with E-state index < -0.39 is 6.09 Å². The Labute approximate surface area is 133 Å². The van der Waals surface area contributed by atoms with Gasteiger partial charge >= 0.3 is 6.09 Å². The van der Waals surface area contributed by atoms with Crippen LogP contribution in [0.5, 0.6) is 5.75 Å². The third kappa shape index (κ3) is 5.33. The van der Waals surface area contributed by atoms with Crippen molar-refractivity contribution in [2.24, 2.45) is 0 Å². The molecule has 118 valence electrons. The van der Waals surface area contributed by atoms with Gasteiger partial charge in [-0.05, 0) is 26.0 Å². The Morgan fingerprint density at radius 3 is 3.00 bits per heavy atom. The average molecular weight is 321 g/mol. The highest BCUT2D eigenvalue weighted by atomic mass is 32.1. The highest BCUT2D eigenvalue weighted by Gasteiger charge is 2.05. The summed E-state index contributed by atoms with van der Waals surface area (Å²) in [6.45, 7) is 5.00. The fourth-order valence-corrected chi connectivity index (χ4v) is 2.43. The molecule has 7 heteroatoms. The van der Waals surface area contributed by atoms with Crippen molar-refractivity contribution in [2.45, 2.75) is 26.9 Å². The number of aromatic nitrogens is 2. The fraction of sp³-hybridized carbons (Fsp3) is 0.400. The molecule has 2 heterocycles. The molecule has 0 unspecified atom stereocenters. The van der Waals surface area contributed by atoms with Gasteiger partial charge in [-0.15, -0.1) is 11.3 Å². The van der Waals surface area contributed by atoms with Gasteiger partial charge in [0.25, 0.3) is 0 Å². The second-order valence-electron chi connectivity index (χ2n) is 4.55. The molecule has 0 atom stereocenters. The predicted molar refractivity (Wildman–Crippen MR) is 84.1 cm³/mol. The van der Waals surface area contributed by atoms with Gasteiger partial charge in [0.1, 0.15) is 17.4 Å². The standard InChI is InChI=1S/C15H19N3O3S/c1-3-20-15(19)16-7-6-12-10-22-14(18-12)9-21-13-5-4-11(2)17-8-13/h4-5,8,10H,3,6-7,9H2,1-2H3,(H,16,19). The quantitative estimate of drug-likeness (QED) is 0.849. The van der Waals surface area contributed by atoms with Crippen LogP contribution < -0.4 is 10.1 Å². The van der Waals surface area contributed by atoms with E-state index in [4.69, 9.17) is 9.47 Å². The zero-order valence-corrected chi connectivity index (χ0v) is 13.5. The molecule has 0 aliphatic rings. The predicted octanol–water partition coefficient (Wildman–Crippen LogP) is 2.71. The Hall–Kier alpha value is -2.15. The molecule has 2 aromatic heterocycles. The molecular formula is C15H19N3O3S. The largest absolute Gasteiger partial charge is 0.485 e. The van der Waals surface area contributed by atoms with Crippen LogP contribution in [0.2, 0.25) is 0 Å². The first kappa shape index (κ1) is 16.2. The number of pyridine rings is 1. The maximum absolute atomic E-state index is 11.1. The number of alkyl carbamates (subject to hydrolysis) is 1. The topological polar surface area (TPSA) is 73.3 Å². The summed E-state index contributed by atoms with van der Waals surface area (Å²) in [7, 11) is 0. The van der Waals surface area contributed by atoms with Crippen molar-refractivity contribution in [2.75, 3.05) is 13.2 Å². The zero-order valence-electron chi connectivity index (χ0n) is 12.7. The lowest BCUT2D eigenvalue weighted by atomic mass is 10.3. The lowest BCUT2D eigenvalue weighted by Gasteiger charge is -2.04. The van der Waals surface area contributed by atoms with E-state index in [0.29, 0.717) is 26.2 Å². The van der Waals surface area contributed by atoms with Gasteiger partial charge in [-0.25, -0.2) is 9.78 Å². The molecule has 1 N–H and O–H groups in total. The van der Waals surface area contributed by atoms with Crippen LogP contribution in [0.15, 0.2) is 23.7 Å². The number of nitrogens with one attached hydrogen (secondary N) is 1. The van der Waals surface area contributed by atoms with Crippen LogP contribution in [0.4, 0.5) is 4.79 Å². The van der Waals surface area contributed by atoms with Gasteiger partial charge in [0.15, 0.2) is 0 Å². The smallest absolute Gasteiger partial charge is 0.407 e. The summed E-state index contributed by atoms with van der Waals surface area (Å²) in [5.41, 5.74) is 1.89. The molecular weight excluding hydrogens is 302 g/mol. The Balaban J connectivity index is 1.74. The van der Waals surface area contributed by atoms with Gasteiger partial charge in [-0.1, -0.05) is 0 Å². The van der Waals surface area contributed by atoms with Crippen LogP contribution >= 0.6 is 11.3 Å². The monoisotopic (exact) mass is 321 g/mol. The molecule has 0 saturated carbocycles. The second-order valence-corrected chi connectivity index (χ2v) is 5.50. The van der Waals surface area contributed by atoms with Crippen molar-refractivity contribution in [3.8, 4) is 5.75 Å². The van der Waals surface area contributed by atoms with Crippen molar-refractivity contribution in [1.29, 1.82) is 0 Å². The lowest BCUT2D eigenvalue weighted by Crippen LogP contribution is -2.26. The minimum Gasteiger partial charge on any atom is -0.485 e. The van der Waals surface area contributed by atoms with Gasteiger partial charge < -0.3 is 14.8 Å². The number of carbonyl (C=O) groups is 1. The van der Waals surface area contributed by atoms with Crippen LogP contribution in [0, 0.1) is 6.92 Å². The Morgan fingerprint density at radius 2 is 2.27 bits per heavy atom. The van der Waals surface area contributed by atoms with Crippen LogP contribution in [0.1, 0.15) is 23.3 Å². The van der Waals surface area contributed by atoms with Gasteiger partial charge in [-0.2, -0.15) is 0 Å². The minimum atomic E-state index is -0.395. The van der Waals surface area contributed by atoms with Crippen LogP contribution in [0.25, 0.3) is 0 Å². The number of aryl methyl sites for hydroxylation is 1. The van der Waals surface area contributed by atoms with E-state index in [1.54, 1.807) is 24.5 Å². The third-order valence-corrected chi connectivity index (χ3v) is 3.64. The number of hydrogen-bond acceptors (Lipinski definition) is 6. The van der Waals surface area contributed by atoms with Crippen molar-refractivity contribution in [1.82, 2.24) is 15.3 Å². The van der Waals surface area contributed by atoms with Gasteiger partial charge in [-0.3, -0.25) is 4.98 Å². The van der Waals surface area contributed by atoms with Crippen molar-refractivity contribution in [3.05, 3.63) is 40.1 Å². The molecule has 0 aliphatic heterocycles. The van der Waals surface area contributed by atoms with E-state index in [2.05, 4.69) is 15.3 Å². The molecule has 22 heavy (non-hydrogen) atoms. The van der Waals surface area contributed by atoms with Gasteiger partial charge in [0, 0.05) is 24.0 Å². The van der Waals surface area contributed by atoms with Crippen LogP contribution in [0.3, 0.4) is 0 Å². The molecule has 2 aromatic rings. The van der Waals surface area contributed by atoms with Crippen LogP contribution in [-0.4, -0.2) is 29.2 Å². The molecule has 0 radical (unpaired) electrons. The van der Waals surface area contributed by atoms with Crippen molar-refractivity contribution >= 4 is 17.4 Å². The normalized spacial score (nSPS) is 10.3. The second kappa shape index (κ2) is 8.33. The van der Waals surface area contributed by atoms with Gasteiger partial charge in [0.2, 0.25) is 0 Å². The summed E-state index contributed by atoms with van der Waals surface area (Å²) in [6, 6.07) is 3.80. The first-order valence-corrected chi connectivity index (χ1v) is 7.94. The van der Waals surface area contributed by atoms with E-state index in [1.807, 2.05) is 24.4 Å². The maximum Gasteiger partial charge on any atom is 0.407 e. The lowest BCUT2D eigenvalue weighted by molar-refractivity contribution is 0.152. The number of carbonyl (C=O) groups excluding carboxylic acids is 1. The van der Waals surface area contributed by atoms with Crippen molar-refractivity contribution in [3.63, 3.8) is 0 Å². The summed E-state index contributed by atoms with van der Waals surface area (Å²) in [4.78, 5) is 19.8. The highest BCUT2D eigenvalue weighted by molar-refractivity contribution is 7.09. The molecule has 0 spiro atoms. The molecule has 0 aromatic carbocycles. The first-order valence-electron chi connectivity index (χ1n) is 7.06. The molecule has 2 rings (SSSR count). The molecule has 1 amide bonds. The molecule has 0 bridgehead atoms. The highest BCUT2D eigenvalue weighted by Crippen LogP contribution is 2.15. The van der Waals surface area contributed by atoms with E-state index in [-0.39, 0.29) is 0 Å². The summed E-state index contributed by atoms with van der Waals surface area (Å²) >= 11 is 1.54. The van der Waals surface area contributed by atoms with E-state index in [1.165, 1.54) is 0 Å². The molecule has 6 nitrogen and oxygen atoms in total. The number of rotatable bonds is 7. The zero-order chi connectivity index (χ0) is 15.8. The minimum absolute atomic E-state index is 0.373. The third-order valence-electron chi connectivity index (χ3n) is 2.77. The number of ether oxygens (including phenoxy) is 2. The average Bonchev–Trinajstić information content (AvgIpc) is 2.95. The van der Waals surface area contributed by atoms with Gasteiger partial charge in [0.05, 0.1) is 18.5 Å². The first-order chi connectivity index (χ1) is 10.7. The maximum atomic E-state index is 11.1. The van der Waals surface area contributed by atoms with E-state index in [9.17, 15) is 4.79 Å². The Kier molecular flexibility index (Phi) is 6.14. The van der Waals surface area contributed by atoms with Crippen LogP contribution in [-0.2, 0) is 17.8 Å². The number of hydrogen-bond donors (Lipinski definition) is 1. The fourth-order valence-electron chi connectivity index (χ4n) is 1.69. The Bertz CT molecular complexity index is 598. The number of amides is 1. The Morgan fingerprint density at radius 1 is 1.41 bits per heavy atom. The summed E-state index contributed by atoms with van der Waals surface area (Å²) in [5.74, 6) is 0.728. The SMILES string of the molecule is CCOC(=O)NCCc1csc(COc2ccc(C)nc2)n1. The number of thiazole rings is 1. The molecule has 0 fully saturated rings.